The summed E-state index contributed by atoms with van der Waals surface area (Å²) in [6, 6.07) is 8.31. The summed E-state index contributed by atoms with van der Waals surface area (Å²) in [4.78, 5) is 22.0. The highest BCUT2D eigenvalue weighted by Crippen LogP contribution is 2.41. The molecule has 0 aliphatic rings. The van der Waals surface area contributed by atoms with Gasteiger partial charge in [0.1, 0.15) is 17.2 Å². The van der Waals surface area contributed by atoms with Crippen molar-refractivity contribution in [3.63, 3.8) is 0 Å². The minimum absolute atomic E-state index is 0.0112. The number of phenolic OH excluding ortho intramolecular Hbond substituents is 1. The molecule has 17 heteroatoms. The summed E-state index contributed by atoms with van der Waals surface area (Å²) in [6.07, 6.45) is -9.91. The molecule has 0 spiro atoms. The molecule has 3 aromatic carbocycles. The number of carbonyl (C=O) groups is 2. The van der Waals surface area contributed by atoms with Crippen LogP contribution in [0, 0.1) is 6.92 Å². The molecule has 0 saturated carbocycles. The van der Waals surface area contributed by atoms with Crippen molar-refractivity contribution in [1.82, 2.24) is 0 Å². The van der Waals surface area contributed by atoms with Gasteiger partial charge >= 0.3 is 19.8 Å². The molecule has 40 heavy (non-hydrogen) atoms. The molecule has 0 bridgehead atoms. The molecule has 3 aromatic rings. The van der Waals surface area contributed by atoms with Crippen LogP contribution in [0.1, 0.15) is 26.3 Å². The van der Waals surface area contributed by atoms with Crippen LogP contribution in [0.25, 0.3) is 11.1 Å². The lowest BCUT2D eigenvalue weighted by Crippen LogP contribution is -2.34. The summed E-state index contributed by atoms with van der Waals surface area (Å²) in [5, 5.41) is 28.0. The van der Waals surface area contributed by atoms with Crippen molar-refractivity contribution >= 4 is 36.0 Å². The van der Waals surface area contributed by atoms with E-state index in [9.17, 15) is 41.0 Å². The second-order valence-electron chi connectivity index (χ2n) is 7.78. The van der Waals surface area contributed by atoms with Gasteiger partial charge in [0, 0.05) is 32.7 Å². The Labute approximate surface area is 226 Å². The van der Waals surface area contributed by atoms with Crippen molar-refractivity contribution in [3.05, 3.63) is 70.2 Å². The molecule has 0 saturated heterocycles. The van der Waals surface area contributed by atoms with Gasteiger partial charge in [-0.1, -0.05) is 11.6 Å². The maximum absolute atomic E-state index is 12.5. The van der Waals surface area contributed by atoms with Crippen LogP contribution in [0.15, 0.2) is 48.5 Å². The number of carbonyl (C=O) groups excluding carboxylic acids is 2. The average Bonchev–Trinajstić information content (AvgIpc) is 2.80. The van der Waals surface area contributed by atoms with Gasteiger partial charge in [-0.2, -0.15) is 0 Å². The Morgan fingerprint density at radius 1 is 0.800 bits per heavy atom. The largest absolute Gasteiger partial charge is 0.573 e. The summed E-state index contributed by atoms with van der Waals surface area (Å²) in [7, 11) is -2.22. The number of rotatable bonds is 6. The Morgan fingerprint density at radius 3 is 1.75 bits per heavy atom. The Hall–Kier alpha value is -4.15. The number of primary amides is 2. The Morgan fingerprint density at radius 2 is 1.27 bits per heavy atom. The molecule has 0 unspecified atom stereocenters. The number of halogens is 7. The van der Waals surface area contributed by atoms with Gasteiger partial charge in [0.25, 0.3) is 0 Å². The minimum atomic E-state index is -4.97. The second-order valence-corrected chi connectivity index (χ2v) is 8.19. The van der Waals surface area contributed by atoms with E-state index < -0.39 is 48.6 Å². The molecule has 214 valence electrons. The second kappa shape index (κ2) is 12.4. The highest BCUT2D eigenvalue weighted by molar-refractivity contribution is 6.59. The van der Waals surface area contributed by atoms with Gasteiger partial charge in [-0.25, -0.2) is 0 Å². The van der Waals surface area contributed by atoms with E-state index in [0.717, 1.165) is 36.4 Å². The summed E-state index contributed by atoms with van der Waals surface area (Å²) in [5.74, 6) is -3.44. The first-order valence-electron chi connectivity index (χ1n) is 10.5. The summed E-state index contributed by atoms with van der Waals surface area (Å²) >= 11 is 5.96. The van der Waals surface area contributed by atoms with Crippen molar-refractivity contribution in [1.29, 1.82) is 0 Å². The number of hydrogen-bond acceptors (Lipinski definition) is 7. The molecule has 0 aromatic heterocycles. The number of aromatic hydroxyl groups is 1. The first kappa shape index (κ1) is 32.1. The first-order valence-corrected chi connectivity index (χ1v) is 10.9. The molecular formula is C23H18BClF6N2O7. The van der Waals surface area contributed by atoms with Crippen LogP contribution < -0.4 is 26.4 Å². The van der Waals surface area contributed by atoms with Gasteiger partial charge in [0.15, 0.2) is 0 Å². The highest BCUT2D eigenvalue weighted by Gasteiger charge is 2.34. The zero-order valence-corrected chi connectivity index (χ0v) is 20.7. The van der Waals surface area contributed by atoms with E-state index >= 15 is 0 Å². The van der Waals surface area contributed by atoms with Crippen molar-refractivity contribution in [2.75, 3.05) is 0 Å². The van der Waals surface area contributed by atoms with Crippen molar-refractivity contribution < 1.29 is 60.6 Å². The highest BCUT2D eigenvalue weighted by atomic mass is 35.5. The molecule has 2 amide bonds. The van der Waals surface area contributed by atoms with Crippen LogP contribution in [0.4, 0.5) is 26.3 Å². The number of aryl methyl sites for hydroxylation is 1. The quantitative estimate of drug-likeness (QED) is 0.216. The van der Waals surface area contributed by atoms with E-state index in [-0.39, 0.29) is 33.0 Å². The maximum Gasteiger partial charge on any atom is 0.573 e. The zero-order chi connectivity index (χ0) is 30.6. The van der Waals surface area contributed by atoms with Gasteiger partial charge < -0.3 is 36.1 Å². The van der Waals surface area contributed by atoms with Crippen molar-refractivity contribution in [2.24, 2.45) is 11.5 Å². The molecule has 0 aliphatic carbocycles. The van der Waals surface area contributed by atoms with Gasteiger partial charge in [0.2, 0.25) is 11.8 Å². The van der Waals surface area contributed by atoms with Gasteiger partial charge in [0.05, 0.1) is 0 Å². The van der Waals surface area contributed by atoms with Crippen LogP contribution in [0.3, 0.4) is 0 Å². The summed E-state index contributed by atoms with van der Waals surface area (Å²) in [5.41, 5.74) is 9.61. The minimum Gasteiger partial charge on any atom is -0.507 e. The number of benzene rings is 3. The number of ether oxygens (including phenoxy) is 2. The lowest BCUT2D eigenvalue weighted by molar-refractivity contribution is -0.275. The number of hydrogen-bond donors (Lipinski definition) is 5. The van der Waals surface area contributed by atoms with E-state index in [1.54, 1.807) is 6.92 Å². The van der Waals surface area contributed by atoms with Crippen LogP contribution in [-0.4, -0.2) is 46.8 Å². The molecule has 0 fully saturated rings. The van der Waals surface area contributed by atoms with Gasteiger partial charge in [-0.3, -0.25) is 9.59 Å². The molecule has 7 N–H and O–H groups in total. The van der Waals surface area contributed by atoms with Gasteiger partial charge in [-0.05, 0) is 61.0 Å². The number of nitrogens with two attached hydrogens (primary N) is 2. The predicted molar refractivity (Wildman–Crippen MR) is 130 cm³/mol. The average molecular weight is 595 g/mol. The monoisotopic (exact) mass is 594 g/mol. The molecular weight excluding hydrogens is 577 g/mol. The predicted octanol–water partition coefficient (Wildman–Crippen LogP) is 3.38. The van der Waals surface area contributed by atoms with Crippen LogP contribution in [0.5, 0.6) is 17.2 Å². The lowest BCUT2D eigenvalue weighted by atomic mass is 9.78. The van der Waals surface area contributed by atoms with Crippen LogP contribution in [-0.2, 0) is 0 Å². The molecule has 0 atom stereocenters. The molecule has 0 aliphatic heterocycles. The molecule has 0 heterocycles. The zero-order valence-electron chi connectivity index (χ0n) is 20.0. The van der Waals surface area contributed by atoms with Gasteiger partial charge in [-0.15, -0.1) is 26.3 Å². The van der Waals surface area contributed by atoms with Crippen molar-refractivity contribution in [3.8, 4) is 28.4 Å². The number of phenols is 1. The SMILES string of the molecule is Cc1cc(O)c(-c2cc(C(N)=O)ccc2OC(F)(F)F)cc1Cl.NC(=O)c1ccc(OC(F)(F)F)c(B(O)O)c1. The number of alkyl halides is 6. The Balaban J connectivity index is 0.000000294. The van der Waals surface area contributed by atoms with E-state index in [1.165, 1.54) is 12.1 Å². The third kappa shape index (κ3) is 8.96. The number of amides is 2. The third-order valence-corrected chi connectivity index (χ3v) is 5.26. The molecule has 3 rings (SSSR count). The molecule has 0 radical (unpaired) electrons. The fraction of sp³-hybridized carbons (Fsp3) is 0.130. The van der Waals surface area contributed by atoms with E-state index in [4.69, 9.17) is 33.1 Å². The summed E-state index contributed by atoms with van der Waals surface area (Å²) in [6.45, 7) is 1.62. The van der Waals surface area contributed by atoms with Crippen molar-refractivity contribution in [2.45, 2.75) is 19.6 Å². The first-order chi connectivity index (χ1) is 18.3. The summed E-state index contributed by atoms with van der Waals surface area (Å²) < 4.78 is 81.0. The fourth-order valence-electron chi connectivity index (χ4n) is 3.11. The third-order valence-electron chi connectivity index (χ3n) is 4.86. The maximum atomic E-state index is 12.5. The smallest absolute Gasteiger partial charge is 0.507 e. The van der Waals surface area contributed by atoms with Crippen LogP contribution in [0.2, 0.25) is 5.02 Å². The standard InChI is InChI=1S/C15H11ClF3NO3.C8H7BF3NO4/c1-7-4-12(21)9(6-11(7)16)10-5-8(14(20)22)2-3-13(10)23-15(17,18)19;10-8(11,12)17-6-2-1-4(7(13)14)3-5(6)9(15)16/h2-6,21H,1H3,(H2,20,22);1-3,15-16H,(H2,13,14). The Kier molecular flexibility index (Phi) is 9.91. The topological polar surface area (TPSA) is 165 Å². The molecule has 9 nitrogen and oxygen atoms in total. The Bertz CT molecular complexity index is 1420. The fourth-order valence-corrected chi connectivity index (χ4v) is 3.27. The van der Waals surface area contributed by atoms with E-state index in [2.05, 4.69) is 9.47 Å². The van der Waals surface area contributed by atoms with E-state index in [0.29, 0.717) is 5.56 Å². The van der Waals surface area contributed by atoms with E-state index in [1.807, 2.05) is 0 Å². The van der Waals surface area contributed by atoms with Crippen LogP contribution >= 0.6 is 11.6 Å². The lowest BCUT2D eigenvalue weighted by Gasteiger charge is -2.16. The normalized spacial score (nSPS) is 11.2.